The summed E-state index contributed by atoms with van der Waals surface area (Å²) >= 11 is 0. The molecule has 2 aliphatic rings. The van der Waals surface area contributed by atoms with Crippen molar-refractivity contribution in [1.29, 1.82) is 0 Å². The van der Waals surface area contributed by atoms with Gasteiger partial charge in [-0.1, -0.05) is 5.21 Å². The molecule has 0 spiro atoms. The molecule has 2 N–H and O–H groups in total. The van der Waals surface area contributed by atoms with Gasteiger partial charge in [0.2, 0.25) is 0 Å². The number of hydrogen-bond donors (Lipinski definition) is 2. The second kappa shape index (κ2) is 5.36. The molecule has 0 atom stereocenters. The average Bonchev–Trinajstić information content (AvgIpc) is 3.19. The smallest absolute Gasteiger partial charge is 0.358 e. The van der Waals surface area contributed by atoms with E-state index in [0.717, 1.165) is 5.56 Å². The van der Waals surface area contributed by atoms with Gasteiger partial charge in [0.1, 0.15) is 11.2 Å². The van der Waals surface area contributed by atoms with Gasteiger partial charge in [0.15, 0.2) is 5.69 Å². The molecule has 0 amide bonds. The molecule has 1 saturated carbocycles. The third-order valence-electron chi connectivity index (χ3n) is 4.94. The Labute approximate surface area is 147 Å². The zero-order chi connectivity index (χ0) is 17.9. The Kier molecular flexibility index (Phi) is 3.19. The van der Waals surface area contributed by atoms with E-state index in [0.29, 0.717) is 23.8 Å². The number of fused-ring (bicyclic) bond motifs is 1. The van der Waals surface area contributed by atoms with Gasteiger partial charge >= 0.3 is 5.97 Å². The highest BCUT2D eigenvalue weighted by Crippen LogP contribution is 2.42. The number of aromatic nitrogens is 5. The Morgan fingerprint density at radius 2 is 2.12 bits per heavy atom. The van der Waals surface area contributed by atoms with Crippen LogP contribution in [0.3, 0.4) is 0 Å². The van der Waals surface area contributed by atoms with Crippen molar-refractivity contribution in [3.05, 3.63) is 47.2 Å². The number of imidazole rings is 1. The minimum Gasteiger partial charge on any atom is -0.476 e. The second-order valence-electron chi connectivity index (χ2n) is 7.06. The zero-order valence-corrected chi connectivity index (χ0v) is 13.9. The molecule has 0 bridgehead atoms. The Morgan fingerprint density at radius 1 is 1.31 bits per heavy atom. The van der Waals surface area contributed by atoms with Gasteiger partial charge in [-0.25, -0.2) is 14.5 Å². The van der Waals surface area contributed by atoms with E-state index in [2.05, 4.69) is 21.5 Å². The first kappa shape index (κ1) is 15.5. The molecule has 0 radical (unpaired) electrons. The van der Waals surface area contributed by atoms with Gasteiger partial charge in [0, 0.05) is 18.0 Å². The van der Waals surface area contributed by atoms with Gasteiger partial charge in [-0.15, -0.1) is 5.10 Å². The lowest BCUT2D eigenvalue weighted by Crippen LogP contribution is -2.46. The molecule has 134 valence electrons. The van der Waals surface area contributed by atoms with Crippen molar-refractivity contribution in [2.45, 2.75) is 30.9 Å². The zero-order valence-electron chi connectivity index (χ0n) is 13.9. The predicted octanol–water partition coefficient (Wildman–Crippen LogP) is 0.767. The van der Waals surface area contributed by atoms with E-state index in [-0.39, 0.29) is 18.9 Å². The minimum atomic E-state index is -1.12. The topological polar surface area (TPSA) is 115 Å². The first-order valence-corrected chi connectivity index (χ1v) is 8.47. The molecule has 0 aromatic carbocycles. The summed E-state index contributed by atoms with van der Waals surface area (Å²) in [5.41, 5.74) is 2.28. The second-order valence-corrected chi connectivity index (χ2v) is 7.06. The first-order chi connectivity index (χ1) is 12.5. The van der Waals surface area contributed by atoms with Gasteiger partial charge < -0.3 is 19.4 Å². The summed E-state index contributed by atoms with van der Waals surface area (Å²) in [6.45, 7) is 0.836. The lowest BCUT2D eigenvalue weighted by molar-refractivity contribution is -0.184. The number of aliphatic hydroxyl groups is 1. The van der Waals surface area contributed by atoms with E-state index in [1.807, 2.05) is 16.7 Å². The summed E-state index contributed by atoms with van der Waals surface area (Å²) in [5, 5.41) is 27.2. The number of carbonyl (C=O) groups is 1. The summed E-state index contributed by atoms with van der Waals surface area (Å²) < 4.78 is 8.59. The molecular weight excluding hydrogens is 338 g/mol. The van der Waals surface area contributed by atoms with Crippen molar-refractivity contribution in [3.8, 4) is 0 Å². The predicted molar refractivity (Wildman–Crippen MR) is 88.0 cm³/mol. The standard InChI is InChI=1S/C17H17N5O4/c23-16(24)14-7-22(20-19-14)6-12-5-21-4-11(10-1-2-10)3-13(15(21)18-12)17(25)8-26-9-17/h3-5,7,10,25H,1-2,6,8-9H2,(H,23,24). The highest BCUT2D eigenvalue weighted by atomic mass is 16.5. The SMILES string of the molecule is O=C(O)c1cn(Cc2cn3cc(C4CC4)cc(C4(O)COC4)c3n2)nn1. The lowest BCUT2D eigenvalue weighted by Gasteiger charge is -2.37. The van der Waals surface area contributed by atoms with E-state index < -0.39 is 11.6 Å². The van der Waals surface area contributed by atoms with Crippen molar-refractivity contribution in [2.24, 2.45) is 0 Å². The van der Waals surface area contributed by atoms with Crippen LogP contribution in [0.2, 0.25) is 0 Å². The monoisotopic (exact) mass is 355 g/mol. The third-order valence-corrected chi connectivity index (χ3v) is 4.94. The molecule has 1 aliphatic carbocycles. The number of aromatic carboxylic acids is 1. The molecule has 0 unspecified atom stereocenters. The fourth-order valence-electron chi connectivity index (χ4n) is 3.32. The van der Waals surface area contributed by atoms with Gasteiger partial charge in [-0.3, -0.25) is 0 Å². The molecule has 3 aromatic rings. The number of rotatable bonds is 5. The number of carboxylic acid groups (broad SMARTS) is 1. The molecule has 9 nitrogen and oxygen atoms in total. The Balaban J connectivity index is 1.55. The lowest BCUT2D eigenvalue weighted by atomic mass is 9.91. The van der Waals surface area contributed by atoms with Crippen LogP contribution in [0, 0.1) is 0 Å². The van der Waals surface area contributed by atoms with E-state index in [4.69, 9.17) is 9.84 Å². The normalized spacial score (nSPS) is 18.8. The van der Waals surface area contributed by atoms with Crippen molar-refractivity contribution in [1.82, 2.24) is 24.4 Å². The molecule has 9 heteroatoms. The van der Waals surface area contributed by atoms with Crippen LogP contribution in [0.25, 0.3) is 5.65 Å². The van der Waals surface area contributed by atoms with Crippen LogP contribution >= 0.6 is 0 Å². The third kappa shape index (κ3) is 2.47. The van der Waals surface area contributed by atoms with Crippen LogP contribution in [0.15, 0.2) is 24.7 Å². The number of nitrogens with zero attached hydrogens (tertiary/aromatic N) is 5. The quantitative estimate of drug-likeness (QED) is 0.694. The highest BCUT2D eigenvalue weighted by molar-refractivity contribution is 5.84. The van der Waals surface area contributed by atoms with E-state index in [1.165, 1.54) is 29.3 Å². The summed E-state index contributed by atoms with van der Waals surface area (Å²) in [7, 11) is 0. The summed E-state index contributed by atoms with van der Waals surface area (Å²) in [6, 6.07) is 2.05. The van der Waals surface area contributed by atoms with Crippen LogP contribution in [-0.4, -0.2) is 53.8 Å². The van der Waals surface area contributed by atoms with Crippen LogP contribution < -0.4 is 0 Å². The average molecular weight is 355 g/mol. The Morgan fingerprint density at radius 3 is 2.73 bits per heavy atom. The number of hydrogen-bond acceptors (Lipinski definition) is 6. The van der Waals surface area contributed by atoms with Crippen LogP contribution in [0.4, 0.5) is 0 Å². The van der Waals surface area contributed by atoms with Gasteiger partial charge in [0.05, 0.1) is 31.6 Å². The van der Waals surface area contributed by atoms with E-state index in [9.17, 15) is 9.90 Å². The summed E-state index contributed by atoms with van der Waals surface area (Å²) in [6.07, 6.45) is 7.64. The highest BCUT2D eigenvalue weighted by Gasteiger charge is 2.41. The largest absolute Gasteiger partial charge is 0.476 e. The van der Waals surface area contributed by atoms with Crippen LogP contribution in [0.1, 0.15) is 46.1 Å². The molecule has 2 fully saturated rings. The molecule has 1 aliphatic heterocycles. The molecular formula is C17H17N5O4. The molecule has 5 rings (SSSR count). The van der Waals surface area contributed by atoms with E-state index >= 15 is 0 Å². The van der Waals surface area contributed by atoms with Crippen LogP contribution in [-0.2, 0) is 16.9 Å². The molecule has 4 heterocycles. The summed E-state index contributed by atoms with van der Waals surface area (Å²) in [5.74, 6) is -0.572. The maximum Gasteiger partial charge on any atom is 0.358 e. The molecule has 26 heavy (non-hydrogen) atoms. The number of pyridine rings is 1. The minimum absolute atomic E-state index is 0.105. The first-order valence-electron chi connectivity index (χ1n) is 8.47. The maximum absolute atomic E-state index is 10.9. The molecule has 1 saturated heterocycles. The number of carboxylic acids is 1. The van der Waals surface area contributed by atoms with E-state index in [1.54, 1.807) is 0 Å². The van der Waals surface area contributed by atoms with Crippen molar-refractivity contribution in [3.63, 3.8) is 0 Å². The van der Waals surface area contributed by atoms with Crippen molar-refractivity contribution in [2.75, 3.05) is 13.2 Å². The van der Waals surface area contributed by atoms with Crippen LogP contribution in [0.5, 0.6) is 0 Å². The van der Waals surface area contributed by atoms with Crippen molar-refractivity contribution >= 4 is 11.6 Å². The summed E-state index contributed by atoms with van der Waals surface area (Å²) in [4.78, 5) is 15.6. The molecule has 3 aromatic heterocycles. The van der Waals surface area contributed by atoms with Gasteiger partial charge in [-0.05, 0) is 30.4 Å². The van der Waals surface area contributed by atoms with Gasteiger partial charge in [-0.2, -0.15) is 0 Å². The number of ether oxygens (including phenoxy) is 1. The van der Waals surface area contributed by atoms with Gasteiger partial charge in [0.25, 0.3) is 0 Å². The maximum atomic E-state index is 10.9. The Hall–Kier alpha value is -2.78. The Bertz CT molecular complexity index is 1020. The van der Waals surface area contributed by atoms with Crippen molar-refractivity contribution < 1.29 is 19.7 Å². The fourth-order valence-corrected chi connectivity index (χ4v) is 3.32. The fraction of sp³-hybridized carbons (Fsp3) is 0.412.